The monoisotopic (exact) mass is 306 g/mol. The van der Waals surface area contributed by atoms with Crippen LogP contribution in [0, 0.1) is 10.1 Å². The Labute approximate surface area is 121 Å². The van der Waals surface area contributed by atoms with Crippen LogP contribution in [0.25, 0.3) is 0 Å². The Hall–Kier alpha value is -2.06. The van der Waals surface area contributed by atoms with Crippen molar-refractivity contribution in [3.63, 3.8) is 0 Å². The molecular weight excluding hydrogens is 292 g/mol. The van der Waals surface area contributed by atoms with Crippen LogP contribution in [0.15, 0.2) is 12.1 Å². The third kappa shape index (κ3) is 4.25. The molecule has 0 unspecified atom stereocenters. The second-order valence-electron chi connectivity index (χ2n) is 3.46. The molecule has 8 nitrogen and oxygen atoms in total. The SMILES string of the molecule is COc1cc(COC(=O)CN)c([N+](=O)[O-])cc1OC.Cl. The third-order valence-electron chi connectivity index (χ3n) is 2.34. The van der Waals surface area contributed by atoms with Gasteiger partial charge in [0.05, 0.1) is 37.3 Å². The van der Waals surface area contributed by atoms with Crippen molar-refractivity contribution in [1.29, 1.82) is 0 Å². The number of hydrogen-bond donors (Lipinski definition) is 1. The molecular formula is C11H15ClN2O6. The van der Waals surface area contributed by atoms with Crippen LogP contribution in [0.4, 0.5) is 5.69 Å². The molecule has 0 aliphatic heterocycles. The van der Waals surface area contributed by atoms with Gasteiger partial charge in [-0.15, -0.1) is 12.4 Å². The van der Waals surface area contributed by atoms with Gasteiger partial charge in [-0.3, -0.25) is 14.9 Å². The van der Waals surface area contributed by atoms with E-state index in [2.05, 4.69) is 0 Å². The third-order valence-corrected chi connectivity index (χ3v) is 2.34. The predicted octanol–water partition coefficient (Wildman–Crippen LogP) is 1.04. The summed E-state index contributed by atoms with van der Waals surface area (Å²) in [5.41, 5.74) is 5.06. The lowest BCUT2D eigenvalue weighted by Gasteiger charge is -2.10. The number of ether oxygens (including phenoxy) is 3. The van der Waals surface area contributed by atoms with Gasteiger partial charge in [-0.25, -0.2) is 0 Å². The first-order valence-electron chi connectivity index (χ1n) is 5.28. The molecule has 1 aromatic carbocycles. The summed E-state index contributed by atoms with van der Waals surface area (Å²) in [7, 11) is 2.77. The number of halogens is 1. The highest BCUT2D eigenvalue weighted by molar-refractivity contribution is 5.85. The summed E-state index contributed by atoms with van der Waals surface area (Å²) in [6.45, 7) is -0.548. The highest BCUT2D eigenvalue weighted by Crippen LogP contribution is 2.34. The van der Waals surface area contributed by atoms with Crippen LogP contribution in [0.1, 0.15) is 5.56 Å². The number of rotatable bonds is 6. The van der Waals surface area contributed by atoms with Crippen LogP contribution in [-0.2, 0) is 16.1 Å². The van der Waals surface area contributed by atoms with Gasteiger partial charge in [0.1, 0.15) is 6.61 Å². The van der Waals surface area contributed by atoms with Crippen LogP contribution < -0.4 is 15.2 Å². The van der Waals surface area contributed by atoms with Crippen LogP contribution in [-0.4, -0.2) is 31.7 Å². The van der Waals surface area contributed by atoms with Crippen molar-refractivity contribution in [2.75, 3.05) is 20.8 Å². The maximum atomic E-state index is 11.0. The van der Waals surface area contributed by atoms with Gasteiger partial charge in [-0.1, -0.05) is 0 Å². The Morgan fingerprint density at radius 3 is 2.30 bits per heavy atom. The van der Waals surface area contributed by atoms with Crippen LogP contribution in [0.5, 0.6) is 11.5 Å². The molecule has 0 saturated heterocycles. The van der Waals surface area contributed by atoms with Gasteiger partial charge in [-0.2, -0.15) is 0 Å². The molecule has 20 heavy (non-hydrogen) atoms. The number of benzene rings is 1. The van der Waals surface area contributed by atoms with E-state index in [-0.39, 0.29) is 42.6 Å². The molecule has 0 atom stereocenters. The molecule has 0 bridgehead atoms. The van der Waals surface area contributed by atoms with E-state index in [0.717, 1.165) is 0 Å². The highest BCUT2D eigenvalue weighted by Gasteiger charge is 2.20. The Morgan fingerprint density at radius 1 is 1.30 bits per heavy atom. The molecule has 9 heteroatoms. The fourth-order valence-electron chi connectivity index (χ4n) is 1.41. The fourth-order valence-corrected chi connectivity index (χ4v) is 1.41. The van der Waals surface area contributed by atoms with E-state index >= 15 is 0 Å². The zero-order valence-electron chi connectivity index (χ0n) is 11.0. The molecule has 0 aliphatic carbocycles. The molecule has 0 aliphatic rings. The van der Waals surface area contributed by atoms with Crippen molar-refractivity contribution in [3.8, 4) is 11.5 Å². The molecule has 0 saturated carbocycles. The van der Waals surface area contributed by atoms with Crippen molar-refractivity contribution in [2.45, 2.75) is 6.61 Å². The highest BCUT2D eigenvalue weighted by atomic mass is 35.5. The minimum atomic E-state index is -0.649. The van der Waals surface area contributed by atoms with Crippen molar-refractivity contribution in [2.24, 2.45) is 5.73 Å². The molecule has 0 amide bonds. The first-order valence-corrected chi connectivity index (χ1v) is 5.28. The van der Waals surface area contributed by atoms with Gasteiger partial charge >= 0.3 is 5.97 Å². The summed E-state index contributed by atoms with van der Waals surface area (Å²) < 4.78 is 14.8. The second kappa shape index (κ2) is 8.18. The first kappa shape index (κ1) is 17.9. The lowest BCUT2D eigenvalue weighted by Crippen LogP contribution is -2.16. The van der Waals surface area contributed by atoms with Crippen LogP contribution >= 0.6 is 12.4 Å². The lowest BCUT2D eigenvalue weighted by atomic mass is 10.1. The van der Waals surface area contributed by atoms with E-state index in [1.807, 2.05) is 0 Å². The van der Waals surface area contributed by atoms with E-state index in [1.165, 1.54) is 26.4 Å². The van der Waals surface area contributed by atoms with Gasteiger partial charge in [0.2, 0.25) is 0 Å². The van der Waals surface area contributed by atoms with Gasteiger partial charge in [-0.05, 0) is 6.07 Å². The fraction of sp³-hybridized carbons (Fsp3) is 0.364. The summed E-state index contributed by atoms with van der Waals surface area (Å²) in [6.07, 6.45) is 0. The summed E-state index contributed by atoms with van der Waals surface area (Å²) in [5.74, 6) is -0.112. The summed E-state index contributed by atoms with van der Waals surface area (Å²) in [6, 6.07) is 2.60. The number of nitro benzene ring substituents is 1. The molecule has 0 fully saturated rings. The predicted molar refractivity (Wildman–Crippen MR) is 72.3 cm³/mol. The maximum absolute atomic E-state index is 11.0. The van der Waals surface area contributed by atoms with Gasteiger partial charge in [0, 0.05) is 0 Å². The van der Waals surface area contributed by atoms with Gasteiger partial charge < -0.3 is 19.9 Å². The number of nitrogens with zero attached hydrogens (tertiary/aromatic N) is 1. The smallest absolute Gasteiger partial charge is 0.320 e. The molecule has 0 heterocycles. The minimum Gasteiger partial charge on any atom is -0.493 e. The summed E-state index contributed by atoms with van der Waals surface area (Å²) in [4.78, 5) is 21.3. The Balaban J connectivity index is 0.00000361. The zero-order chi connectivity index (χ0) is 14.4. The number of esters is 1. The molecule has 112 valence electrons. The van der Waals surface area contributed by atoms with E-state index in [9.17, 15) is 14.9 Å². The number of hydrogen-bond acceptors (Lipinski definition) is 7. The maximum Gasteiger partial charge on any atom is 0.320 e. The average Bonchev–Trinajstić information content (AvgIpc) is 2.43. The standard InChI is InChI=1S/C11H14N2O6.ClH/c1-17-9-3-7(6-19-11(14)5-12)8(13(15)16)4-10(9)18-2;/h3-4H,5-6,12H2,1-2H3;1H. The minimum absolute atomic E-state index is 0. The van der Waals surface area contributed by atoms with Crippen molar-refractivity contribution in [1.82, 2.24) is 0 Å². The van der Waals surface area contributed by atoms with Gasteiger partial charge in [0.25, 0.3) is 5.69 Å². The van der Waals surface area contributed by atoms with Crippen LogP contribution in [0.2, 0.25) is 0 Å². The normalized spacial score (nSPS) is 9.35. The Kier molecular flexibility index (Phi) is 7.34. The summed E-state index contributed by atoms with van der Waals surface area (Å²) in [5, 5.41) is 10.9. The van der Waals surface area contributed by atoms with E-state index in [1.54, 1.807) is 0 Å². The van der Waals surface area contributed by atoms with Crippen molar-refractivity contribution < 1.29 is 23.9 Å². The number of nitrogens with two attached hydrogens (primary N) is 1. The number of carbonyl (C=O) groups excluding carboxylic acids is 1. The Morgan fingerprint density at radius 2 is 1.85 bits per heavy atom. The molecule has 0 aromatic heterocycles. The quantitative estimate of drug-likeness (QED) is 0.474. The first-order chi connectivity index (χ1) is 9.03. The summed E-state index contributed by atoms with van der Waals surface area (Å²) >= 11 is 0. The zero-order valence-corrected chi connectivity index (χ0v) is 11.8. The van der Waals surface area contributed by atoms with Crippen LogP contribution in [0.3, 0.4) is 0 Å². The molecule has 0 radical (unpaired) electrons. The number of methoxy groups -OCH3 is 2. The molecule has 0 spiro atoms. The Bertz CT molecular complexity index is 494. The largest absolute Gasteiger partial charge is 0.493 e. The topological polar surface area (TPSA) is 114 Å². The second-order valence-corrected chi connectivity index (χ2v) is 3.46. The number of nitro groups is 1. The van der Waals surface area contributed by atoms with E-state index < -0.39 is 10.9 Å². The molecule has 1 aromatic rings. The average molecular weight is 307 g/mol. The molecule has 1 rings (SSSR count). The van der Waals surface area contributed by atoms with Gasteiger partial charge in [0.15, 0.2) is 11.5 Å². The molecule has 2 N–H and O–H groups in total. The lowest BCUT2D eigenvalue weighted by molar-refractivity contribution is -0.385. The van der Waals surface area contributed by atoms with E-state index in [4.69, 9.17) is 19.9 Å². The van der Waals surface area contributed by atoms with E-state index in [0.29, 0.717) is 5.75 Å². The van der Waals surface area contributed by atoms with Crippen molar-refractivity contribution >= 4 is 24.1 Å². The number of carbonyl (C=O) groups is 1. The van der Waals surface area contributed by atoms with Crippen molar-refractivity contribution in [3.05, 3.63) is 27.8 Å².